The summed E-state index contributed by atoms with van der Waals surface area (Å²) in [4.78, 5) is 15.3. The Hall–Kier alpha value is -0.650. The van der Waals surface area contributed by atoms with Gasteiger partial charge in [-0.3, -0.25) is 9.69 Å². The van der Waals surface area contributed by atoms with Crippen LogP contribution in [0.1, 0.15) is 0 Å². The molecule has 1 unspecified atom stereocenters. The fourth-order valence-electron chi connectivity index (χ4n) is 1.69. The Morgan fingerprint density at radius 2 is 2.33 bits per heavy atom. The molecule has 1 saturated heterocycles. The molecule has 1 rings (SSSR count). The maximum atomic E-state index is 10.9. The van der Waals surface area contributed by atoms with Crippen molar-refractivity contribution in [1.29, 1.82) is 0 Å². The van der Waals surface area contributed by atoms with Crippen molar-refractivity contribution in [3.05, 3.63) is 0 Å². The van der Waals surface area contributed by atoms with Gasteiger partial charge in [0.15, 0.2) is 0 Å². The molecule has 0 aromatic rings. The molecule has 0 aliphatic carbocycles. The van der Waals surface area contributed by atoms with E-state index in [1.165, 1.54) is 0 Å². The van der Waals surface area contributed by atoms with Crippen molar-refractivity contribution in [2.45, 2.75) is 0 Å². The number of rotatable bonds is 4. The first kappa shape index (κ1) is 12.4. The molecule has 5 heteroatoms. The minimum atomic E-state index is -0.695. The van der Waals surface area contributed by atoms with Crippen LogP contribution in [-0.2, 0) is 4.79 Å². The molecule has 0 aromatic heterocycles. The van der Waals surface area contributed by atoms with E-state index in [0.717, 1.165) is 26.2 Å². The molecular weight excluding hydrogens is 194 g/mol. The van der Waals surface area contributed by atoms with Crippen molar-refractivity contribution in [3.63, 3.8) is 0 Å². The molecule has 0 aromatic carbocycles. The third-order valence-electron chi connectivity index (χ3n) is 2.69. The molecule has 2 N–H and O–H groups in total. The minimum absolute atomic E-state index is 0.269. The average Bonchev–Trinajstić information content (AvgIpc) is 2.39. The average molecular weight is 215 g/mol. The summed E-state index contributed by atoms with van der Waals surface area (Å²) < 4.78 is 0. The van der Waals surface area contributed by atoms with E-state index >= 15 is 0 Å². The monoisotopic (exact) mass is 215 g/mol. The van der Waals surface area contributed by atoms with Gasteiger partial charge in [0.05, 0.1) is 5.92 Å². The molecule has 0 bridgehead atoms. The van der Waals surface area contributed by atoms with E-state index in [2.05, 4.69) is 15.1 Å². The predicted molar refractivity (Wildman–Crippen MR) is 59.0 cm³/mol. The van der Waals surface area contributed by atoms with E-state index < -0.39 is 5.97 Å². The summed E-state index contributed by atoms with van der Waals surface area (Å²) in [7, 11) is 4.06. The quantitative estimate of drug-likeness (QED) is 0.640. The van der Waals surface area contributed by atoms with Gasteiger partial charge in [0.2, 0.25) is 0 Å². The van der Waals surface area contributed by atoms with Gasteiger partial charge in [0.25, 0.3) is 0 Å². The molecule has 5 nitrogen and oxygen atoms in total. The second-order valence-electron chi connectivity index (χ2n) is 4.34. The Balaban J connectivity index is 2.39. The van der Waals surface area contributed by atoms with Crippen LogP contribution < -0.4 is 5.32 Å². The van der Waals surface area contributed by atoms with Gasteiger partial charge < -0.3 is 15.3 Å². The molecule has 0 saturated carbocycles. The number of nitrogens with one attached hydrogen (secondary N) is 1. The van der Waals surface area contributed by atoms with Gasteiger partial charge in [-0.25, -0.2) is 0 Å². The molecule has 0 radical (unpaired) electrons. The highest BCUT2D eigenvalue weighted by atomic mass is 16.4. The molecule has 15 heavy (non-hydrogen) atoms. The summed E-state index contributed by atoms with van der Waals surface area (Å²) in [5.41, 5.74) is 0. The molecule has 0 spiro atoms. The van der Waals surface area contributed by atoms with Crippen molar-refractivity contribution in [1.82, 2.24) is 15.1 Å². The highest BCUT2D eigenvalue weighted by Crippen LogP contribution is 2.03. The number of nitrogens with zero attached hydrogens (tertiary/aromatic N) is 2. The van der Waals surface area contributed by atoms with E-state index in [-0.39, 0.29) is 5.92 Å². The number of aliphatic carboxylic acids is 1. The first-order valence-corrected chi connectivity index (χ1v) is 5.40. The van der Waals surface area contributed by atoms with Gasteiger partial charge in [0, 0.05) is 39.3 Å². The predicted octanol–water partition coefficient (Wildman–Crippen LogP) is -0.846. The van der Waals surface area contributed by atoms with Gasteiger partial charge >= 0.3 is 5.97 Å². The first-order chi connectivity index (χ1) is 7.09. The lowest BCUT2D eigenvalue weighted by Gasteiger charge is -2.23. The van der Waals surface area contributed by atoms with Gasteiger partial charge in [-0.15, -0.1) is 0 Å². The smallest absolute Gasteiger partial charge is 0.309 e. The van der Waals surface area contributed by atoms with E-state index in [0.29, 0.717) is 13.1 Å². The van der Waals surface area contributed by atoms with Gasteiger partial charge in [-0.1, -0.05) is 0 Å². The normalized spacial score (nSPS) is 24.1. The molecule has 1 fully saturated rings. The van der Waals surface area contributed by atoms with Crippen LogP contribution in [0.25, 0.3) is 0 Å². The lowest BCUT2D eigenvalue weighted by molar-refractivity contribution is -0.141. The largest absolute Gasteiger partial charge is 0.481 e. The first-order valence-electron chi connectivity index (χ1n) is 5.40. The summed E-state index contributed by atoms with van der Waals surface area (Å²) in [6.07, 6.45) is 0. The number of carbonyl (C=O) groups is 1. The second kappa shape index (κ2) is 6.05. The zero-order chi connectivity index (χ0) is 11.3. The van der Waals surface area contributed by atoms with Crippen LogP contribution in [0.3, 0.4) is 0 Å². The highest BCUT2D eigenvalue weighted by Gasteiger charge is 2.23. The Morgan fingerprint density at radius 1 is 1.60 bits per heavy atom. The summed E-state index contributed by atoms with van der Waals surface area (Å²) in [5, 5.41) is 12.1. The van der Waals surface area contributed by atoms with E-state index in [1.54, 1.807) is 0 Å². The summed E-state index contributed by atoms with van der Waals surface area (Å²) >= 11 is 0. The number of hydrogen-bond acceptors (Lipinski definition) is 4. The Morgan fingerprint density at radius 3 is 2.93 bits per heavy atom. The van der Waals surface area contributed by atoms with Crippen molar-refractivity contribution in [2.75, 3.05) is 53.4 Å². The second-order valence-corrected chi connectivity index (χ2v) is 4.34. The zero-order valence-corrected chi connectivity index (χ0v) is 9.57. The Bertz CT molecular complexity index is 209. The van der Waals surface area contributed by atoms with Crippen molar-refractivity contribution >= 4 is 5.97 Å². The topological polar surface area (TPSA) is 55.8 Å². The minimum Gasteiger partial charge on any atom is -0.481 e. The summed E-state index contributed by atoms with van der Waals surface area (Å²) in [5.74, 6) is -0.964. The molecule has 0 amide bonds. The molecule has 1 aliphatic heterocycles. The van der Waals surface area contributed by atoms with Gasteiger partial charge in [0.1, 0.15) is 0 Å². The van der Waals surface area contributed by atoms with Crippen LogP contribution in [-0.4, -0.2) is 74.2 Å². The maximum Gasteiger partial charge on any atom is 0.309 e. The fourth-order valence-corrected chi connectivity index (χ4v) is 1.69. The molecule has 1 heterocycles. The SMILES string of the molecule is CN(C)CCN1CCNCC(C(=O)O)C1. The number of likely N-dealkylation sites (N-methyl/N-ethyl adjacent to an activating group) is 1. The maximum absolute atomic E-state index is 10.9. The third kappa shape index (κ3) is 4.59. The lowest BCUT2D eigenvalue weighted by Crippen LogP contribution is -2.37. The summed E-state index contributed by atoms with van der Waals surface area (Å²) in [6.45, 7) is 5.00. The standard InChI is InChI=1S/C10H21N3O2/c1-12(2)5-6-13-4-3-11-7-9(8-13)10(14)15/h9,11H,3-8H2,1-2H3,(H,14,15). The lowest BCUT2D eigenvalue weighted by atomic mass is 10.1. The van der Waals surface area contributed by atoms with Crippen LogP contribution in [0.15, 0.2) is 0 Å². The number of carboxylic acids is 1. The molecule has 88 valence electrons. The highest BCUT2D eigenvalue weighted by molar-refractivity contribution is 5.70. The van der Waals surface area contributed by atoms with E-state index in [1.807, 2.05) is 14.1 Å². The fraction of sp³-hybridized carbons (Fsp3) is 0.900. The molecule has 1 aliphatic rings. The van der Waals surface area contributed by atoms with Gasteiger partial charge in [-0.2, -0.15) is 0 Å². The van der Waals surface area contributed by atoms with Crippen LogP contribution in [0.4, 0.5) is 0 Å². The van der Waals surface area contributed by atoms with E-state index in [4.69, 9.17) is 5.11 Å². The van der Waals surface area contributed by atoms with Crippen LogP contribution in [0.5, 0.6) is 0 Å². The van der Waals surface area contributed by atoms with Crippen LogP contribution >= 0.6 is 0 Å². The Labute approximate surface area is 91.0 Å². The van der Waals surface area contributed by atoms with Gasteiger partial charge in [-0.05, 0) is 14.1 Å². The summed E-state index contributed by atoms with van der Waals surface area (Å²) in [6, 6.07) is 0. The zero-order valence-electron chi connectivity index (χ0n) is 9.57. The van der Waals surface area contributed by atoms with Crippen molar-refractivity contribution < 1.29 is 9.90 Å². The van der Waals surface area contributed by atoms with E-state index in [9.17, 15) is 4.79 Å². The van der Waals surface area contributed by atoms with Crippen LogP contribution in [0.2, 0.25) is 0 Å². The molecular formula is C10H21N3O2. The van der Waals surface area contributed by atoms with Crippen LogP contribution in [0, 0.1) is 5.92 Å². The number of carboxylic acid groups (broad SMARTS) is 1. The van der Waals surface area contributed by atoms with Crippen molar-refractivity contribution in [2.24, 2.45) is 5.92 Å². The Kier molecular flexibility index (Phi) is 5.01. The van der Waals surface area contributed by atoms with Crippen molar-refractivity contribution in [3.8, 4) is 0 Å². The number of hydrogen-bond donors (Lipinski definition) is 2. The third-order valence-corrected chi connectivity index (χ3v) is 2.69. The molecule has 1 atom stereocenters.